The number of halogens is 2. The molecule has 0 aliphatic rings. The maximum atomic E-state index is 12.2. The lowest BCUT2D eigenvalue weighted by molar-refractivity contribution is 0.0955. The third-order valence-corrected chi connectivity index (χ3v) is 4.19. The predicted octanol–water partition coefficient (Wildman–Crippen LogP) is 4.17. The monoisotopic (exact) mass is 546 g/mol. The Kier molecular flexibility index (Phi) is 12.0. The first kappa shape index (κ1) is 25.8. The van der Waals surface area contributed by atoms with Crippen LogP contribution in [0, 0.1) is 0 Å². The highest BCUT2D eigenvalue weighted by Gasteiger charge is 2.09. The number of hydrogen-bond acceptors (Lipinski definition) is 4. The summed E-state index contributed by atoms with van der Waals surface area (Å²) in [6.45, 7) is 5.93. The van der Waals surface area contributed by atoms with Crippen LogP contribution >= 0.6 is 35.6 Å². The minimum Gasteiger partial charge on any atom is -0.493 e. The van der Waals surface area contributed by atoms with E-state index in [1.807, 2.05) is 32.0 Å². The summed E-state index contributed by atoms with van der Waals surface area (Å²) in [4.78, 5) is 16.7. The van der Waals surface area contributed by atoms with Gasteiger partial charge in [0.25, 0.3) is 5.91 Å². The van der Waals surface area contributed by atoms with E-state index in [2.05, 4.69) is 20.9 Å². The zero-order chi connectivity index (χ0) is 21.1. The number of nitrogens with zero attached hydrogens (tertiary/aromatic N) is 1. The molecule has 30 heavy (non-hydrogen) atoms. The first-order valence-corrected chi connectivity index (χ1v) is 9.85. The van der Waals surface area contributed by atoms with Crippen LogP contribution in [-0.4, -0.2) is 45.2 Å². The van der Waals surface area contributed by atoms with Crippen molar-refractivity contribution in [1.82, 2.24) is 10.6 Å². The number of amides is 1. The number of rotatable bonds is 9. The molecule has 0 saturated carbocycles. The van der Waals surface area contributed by atoms with Crippen molar-refractivity contribution < 1.29 is 14.3 Å². The molecule has 2 aromatic carbocycles. The summed E-state index contributed by atoms with van der Waals surface area (Å²) in [5.41, 5.74) is 1.26. The van der Waals surface area contributed by atoms with Crippen molar-refractivity contribution in [3.8, 4) is 11.5 Å². The quantitative estimate of drug-likeness (QED) is 0.190. The zero-order valence-electron chi connectivity index (χ0n) is 17.3. The van der Waals surface area contributed by atoms with E-state index in [1.54, 1.807) is 31.4 Å². The van der Waals surface area contributed by atoms with Crippen LogP contribution in [0.1, 0.15) is 24.2 Å². The number of carbonyl (C=O) groups excluding carboxylic acids is 1. The molecule has 0 saturated heterocycles. The third kappa shape index (κ3) is 7.91. The third-order valence-electron chi connectivity index (χ3n) is 3.86. The van der Waals surface area contributed by atoms with Gasteiger partial charge >= 0.3 is 0 Å². The molecule has 0 unspecified atom stereocenters. The second-order valence-electron chi connectivity index (χ2n) is 5.92. The van der Waals surface area contributed by atoms with Crippen molar-refractivity contribution in [3.63, 3.8) is 0 Å². The summed E-state index contributed by atoms with van der Waals surface area (Å²) in [6.07, 6.45) is 0. The van der Waals surface area contributed by atoms with Crippen LogP contribution in [-0.2, 0) is 0 Å². The summed E-state index contributed by atoms with van der Waals surface area (Å²) in [5, 5.41) is 9.65. The molecule has 0 bridgehead atoms. The van der Waals surface area contributed by atoms with Gasteiger partial charge in [-0.25, -0.2) is 0 Å². The fourth-order valence-corrected chi connectivity index (χ4v) is 2.77. The predicted molar refractivity (Wildman–Crippen MR) is 133 cm³/mol. The van der Waals surface area contributed by atoms with Gasteiger partial charge in [-0.1, -0.05) is 23.7 Å². The van der Waals surface area contributed by atoms with Gasteiger partial charge in [0, 0.05) is 24.8 Å². The molecule has 0 heterocycles. The molecule has 0 aromatic heterocycles. The largest absolute Gasteiger partial charge is 0.493 e. The van der Waals surface area contributed by atoms with Gasteiger partial charge in [-0.05, 0) is 38.1 Å². The van der Waals surface area contributed by atoms with Crippen molar-refractivity contribution in [1.29, 1.82) is 0 Å². The van der Waals surface area contributed by atoms with Gasteiger partial charge in [-0.15, -0.1) is 24.0 Å². The second kappa shape index (κ2) is 13.9. The second-order valence-corrected chi connectivity index (χ2v) is 6.33. The van der Waals surface area contributed by atoms with E-state index in [-0.39, 0.29) is 29.9 Å². The molecule has 0 spiro atoms. The Morgan fingerprint density at radius 2 is 1.87 bits per heavy atom. The maximum absolute atomic E-state index is 12.2. The van der Waals surface area contributed by atoms with Crippen molar-refractivity contribution >= 4 is 53.1 Å². The van der Waals surface area contributed by atoms with Gasteiger partial charge in [0.2, 0.25) is 0 Å². The molecule has 0 aliphatic heterocycles. The highest BCUT2D eigenvalue weighted by molar-refractivity contribution is 14.0. The van der Waals surface area contributed by atoms with Crippen LogP contribution in [0.25, 0.3) is 0 Å². The Morgan fingerprint density at radius 1 is 1.10 bits per heavy atom. The first-order valence-electron chi connectivity index (χ1n) is 9.47. The van der Waals surface area contributed by atoms with Gasteiger partial charge in [0.15, 0.2) is 17.5 Å². The van der Waals surface area contributed by atoms with Crippen molar-refractivity contribution in [2.75, 3.05) is 38.7 Å². The Balaban J connectivity index is 0.00000450. The molecule has 2 aromatic rings. The topological polar surface area (TPSA) is 84.0 Å². The summed E-state index contributed by atoms with van der Waals surface area (Å²) in [6, 6.07) is 12.5. The van der Waals surface area contributed by atoms with Crippen LogP contribution in [0.5, 0.6) is 11.5 Å². The summed E-state index contributed by atoms with van der Waals surface area (Å²) in [7, 11) is 1.60. The molecule has 0 atom stereocenters. The van der Waals surface area contributed by atoms with Crippen LogP contribution in [0.3, 0.4) is 0 Å². The molecule has 0 radical (unpaired) electrons. The van der Waals surface area contributed by atoms with E-state index < -0.39 is 0 Å². The molecule has 1 amide bonds. The number of ether oxygens (including phenoxy) is 2. The molecule has 9 heteroatoms. The normalized spacial score (nSPS) is 10.6. The van der Waals surface area contributed by atoms with Crippen molar-refractivity contribution in [3.05, 3.63) is 53.1 Å². The van der Waals surface area contributed by atoms with E-state index in [9.17, 15) is 4.79 Å². The van der Waals surface area contributed by atoms with Crippen LogP contribution in [0.15, 0.2) is 47.5 Å². The lowest BCUT2D eigenvalue weighted by Gasteiger charge is -2.14. The number of anilines is 1. The fourth-order valence-electron chi connectivity index (χ4n) is 2.54. The molecular weight excluding hydrogens is 519 g/mol. The number of aliphatic imine (C=N–C) groups is 1. The van der Waals surface area contributed by atoms with Gasteiger partial charge < -0.3 is 25.4 Å². The average Bonchev–Trinajstić information content (AvgIpc) is 2.72. The number of methoxy groups -OCH3 is 1. The van der Waals surface area contributed by atoms with E-state index in [0.717, 1.165) is 5.69 Å². The standard InChI is InChI=1S/C21H27ClN4O3.HI/c1-4-23-21(26-15-10-11-18(28-3)19(14-15)29-5-2)25-13-12-24-20(27)16-8-6-7-9-17(16)22;/h6-11,14H,4-5,12-13H2,1-3H3,(H,24,27)(H2,23,25,26);1H. The zero-order valence-corrected chi connectivity index (χ0v) is 20.4. The number of benzene rings is 2. The van der Waals surface area contributed by atoms with Gasteiger partial charge in [-0.2, -0.15) is 0 Å². The minimum absolute atomic E-state index is 0. The van der Waals surface area contributed by atoms with Gasteiger partial charge in [-0.3, -0.25) is 9.79 Å². The molecule has 7 nitrogen and oxygen atoms in total. The average molecular weight is 547 g/mol. The Morgan fingerprint density at radius 3 is 2.53 bits per heavy atom. The fraction of sp³-hybridized carbons (Fsp3) is 0.333. The lowest BCUT2D eigenvalue weighted by atomic mass is 10.2. The van der Waals surface area contributed by atoms with Crippen LogP contribution < -0.4 is 25.4 Å². The molecule has 0 fully saturated rings. The van der Waals surface area contributed by atoms with E-state index in [4.69, 9.17) is 21.1 Å². The lowest BCUT2D eigenvalue weighted by Crippen LogP contribution is -2.32. The molecule has 2 rings (SSSR count). The van der Waals surface area contributed by atoms with Crippen molar-refractivity contribution in [2.24, 2.45) is 4.99 Å². The molecule has 164 valence electrons. The van der Waals surface area contributed by atoms with Crippen LogP contribution in [0.4, 0.5) is 5.69 Å². The summed E-state index contributed by atoms with van der Waals surface area (Å²) in [5.74, 6) is 1.71. The number of guanidine groups is 1. The highest BCUT2D eigenvalue weighted by atomic mass is 127. The number of nitrogens with one attached hydrogen (secondary N) is 3. The summed E-state index contributed by atoms with van der Waals surface area (Å²) < 4.78 is 10.9. The Bertz CT molecular complexity index is 849. The van der Waals surface area contributed by atoms with E-state index in [0.29, 0.717) is 54.3 Å². The van der Waals surface area contributed by atoms with Gasteiger partial charge in [0.05, 0.1) is 30.8 Å². The molecule has 3 N–H and O–H groups in total. The molecule has 0 aliphatic carbocycles. The van der Waals surface area contributed by atoms with Crippen LogP contribution in [0.2, 0.25) is 5.02 Å². The Hall–Kier alpha value is -2.20. The van der Waals surface area contributed by atoms with E-state index in [1.165, 1.54) is 0 Å². The Labute approximate surface area is 199 Å². The number of hydrogen-bond donors (Lipinski definition) is 3. The molecular formula is C21H28ClIN4O3. The smallest absolute Gasteiger partial charge is 0.252 e. The summed E-state index contributed by atoms with van der Waals surface area (Å²) >= 11 is 6.04. The number of carbonyl (C=O) groups is 1. The minimum atomic E-state index is -0.222. The van der Waals surface area contributed by atoms with Gasteiger partial charge in [0.1, 0.15) is 0 Å². The SMILES string of the molecule is CCNC(=NCCNC(=O)c1ccccc1Cl)Nc1ccc(OC)c(OCC)c1.I. The maximum Gasteiger partial charge on any atom is 0.252 e. The highest BCUT2D eigenvalue weighted by Crippen LogP contribution is 2.30. The van der Waals surface area contributed by atoms with E-state index >= 15 is 0 Å². The first-order chi connectivity index (χ1) is 14.1. The van der Waals surface area contributed by atoms with Crippen molar-refractivity contribution in [2.45, 2.75) is 13.8 Å².